The maximum absolute atomic E-state index is 12.0. The summed E-state index contributed by atoms with van der Waals surface area (Å²) in [5, 5.41) is 7.08. The quantitative estimate of drug-likeness (QED) is 0.847. The Balaban J connectivity index is 2.06. The molecule has 1 heterocycles. The van der Waals surface area contributed by atoms with Crippen LogP contribution >= 0.6 is 0 Å². The largest absolute Gasteiger partial charge is 0.348 e. The van der Waals surface area contributed by atoms with E-state index in [1.54, 1.807) is 0 Å². The molecule has 0 saturated heterocycles. The van der Waals surface area contributed by atoms with Gasteiger partial charge in [-0.3, -0.25) is 9.59 Å². The predicted molar refractivity (Wildman–Crippen MR) is 73.1 cm³/mol. The van der Waals surface area contributed by atoms with Gasteiger partial charge in [0.05, 0.1) is 0 Å². The molecule has 0 aromatic carbocycles. The van der Waals surface area contributed by atoms with Crippen LogP contribution in [0.3, 0.4) is 0 Å². The van der Waals surface area contributed by atoms with Crippen LogP contribution in [0.4, 0.5) is 0 Å². The average Bonchev–Trinajstić information content (AvgIpc) is 3.21. The highest BCUT2D eigenvalue weighted by molar-refractivity contribution is 5.92. The smallest absolute Gasteiger partial charge is 0.271 e. The Kier molecular flexibility index (Phi) is 4.35. The molecule has 5 nitrogen and oxygen atoms in total. The van der Waals surface area contributed by atoms with E-state index in [9.17, 15) is 9.59 Å². The lowest BCUT2D eigenvalue weighted by atomic mass is 10.2. The average molecular weight is 263 g/mol. The van der Waals surface area contributed by atoms with Gasteiger partial charge in [0.1, 0.15) is 5.69 Å². The Morgan fingerprint density at radius 1 is 1.53 bits per heavy atom. The monoisotopic (exact) mass is 263 g/mol. The van der Waals surface area contributed by atoms with Gasteiger partial charge in [-0.15, -0.1) is 0 Å². The van der Waals surface area contributed by atoms with Gasteiger partial charge in [-0.25, -0.2) is 4.68 Å². The van der Waals surface area contributed by atoms with Crippen molar-refractivity contribution in [3.05, 3.63) is 28.2 Å². The predicted octanol–water partition coefficient (Wildman–Crippen LogP) is 1.57. The van der Waals surface area contributed by atoms with Crippen LogP contribution in [0.1, 0.15) is 50.0 Å². The second-order valence-electron chi connectivity index (χ2n) is 5.23. The summed E-state index contributed by atoms with van der Waals surface area (Å²) in [6, 6.07) is 3.10. The molecule has 1 fully saturated rings. The SMILES string of the molecule is CCCCn1nc(C(=O)NC(C)C2CC2)ccc1=O. The van der Waals surface area contributed by atoms with Crippen molar-refractivity contribution >= 4 is 5.91 Å². The molecule has 0 spiro atoms. The van der Waals surface area contributed by atoms with Crippen molar-refractivity contribution in [2.24, 2.45) is 5.92 Å². The van der Waals surface area contributed by atoms with Gasteiger partial charge < -0.3 is 5.32 Å². The maximum atomic E-state index is 12.0. The van der Waals surface area contributed by atoms with Crippen LogP contribution in [0.15, 0.2) is 16.9 Å². The van der Waals surface area contributed by atoms with Crippen molar-refractivity contribution in [3.8, 4) is 0 Å². The van der Waals surface area contributed by atoms with Crippen molar-refractivity contribution < 1.29 is 4.79 Å². The van der Waals surface area contributed by atoms with Gasteiger partial charge in [0.25, 0.3) is 11.5 Å². The zero-order chi connectivity index (χ0) is 13.8. The minimum absolute atomic E-state index is 0.153. The lowest BCUT2D eigenvalue weighted by molar-refractivity contribution is 0.0928. The summed E-state index contributed by atoms with van der Waals surface area (Å²) < 4.78 is 1.38. The summed E-state index contributed by atoms with van der Waals surface area (Å²) in [4.78, 5) is 23.6. The summed E-state index contributed by atoms with van der Waals surface area (Å²) in [7, 11) is 0. The fraction of sp³-hybridized carbons (Fsp3) is 0.643. The molecule has 1 N–H and O–H groups in total. The number of aryl methyl sites for hydroxylation is 1. The first-order chi connectivity index (χ1) is 9.11. The molecular weight excluding hydrogens is 242 g/mol. The van der Waals surface area contributed by atoms with Crippen molar-refractivity contribution in [2.75, 3.05) is 0 Å². The van der Waals surface area contributed by atoms with Gasteiger partial charge in [0.15, 0.2) is 0 Å². The zero-order valence-corrected chi connectivity index (χ0v) is 11.6. The van der Waals surface area contributed by atoms with Crippen LogP contribution < -0.4 is 10.9 Å². The van der Waals surface area contributed by atoms with Crippen LogP contribution in [0, 0.1) is 5.92 Å². The molecule has 0 bridgehead atoms. The summed E-state index contributed by atoms with van der Waals surface area (Å²) in [6.45, 7) is 4.64. The van der Waals surface area contributed by atoms with Gasteiger partial charge in [-0.05, 0) is 38.2 Å². The van der Waals surface area contributed by atoms with E-state index in [0.717, 1.165) is 12.8 Å². The van der Waals surface area contributed by atoms with Gasteiger partial charge in [0, 0.05) is 18.7 Å². The number of hydrogen-bond donors (Lipinski definition) is 1. The highest BCUT2D eigenvalue weighted by Gasteiger charge is 2.29. The topological polar surface area (TPSA) is 64.0 Å². The number of carbonyl (C=O) groups is 1. The number of nitrogens with zero attached hydrogens (tertiary/aromatic N) is 2. The third-order valence-electron chi connectivity index (χ3n) is 3.51. The van der Waals surface area contributed by atoms with Crippen molar-refractivity contribution in [1.29, 1.82) is 0 Å². The number of hydrogen-bond acceptors (Lipinski definition) is 3. The summed E-state index contributed by atoms with van der Waals surface area (Å²) in [5.41, 5.74) is 0.170. The van der Waals surface area contributed by atoms with E-state index in [1.165, 1.54) is 29.7 Å². The molecule has 1 aromatic rings. The van der Waals surface area contributed by atoms with Crippen molar-refractivity contribution in [3.63, 3.8) is 0 Å². The first-order valence-corrected chi connectivity index (χ1v) is 7.01. The number of rotatable bonds is 6. The Morgan fingerprint density at radius 3 is 2.89 bits per heavy atom. The first-order valence-electron chi connectivity index (χ1n) is 7.01. The second kappa shape index (κ2) is 5.99. The van der Waals surface area contributed by atoms with Gasteiger partial charge in [-0.2, -0.15) is 5.10 Å². The standard InChI is InChI=1S/C14H21N3O2/c1-3-4-9-17-13(18)8-7-12(16-17)14(19)15-10(2)11-5-6-11/h7-8,10-11H,3-6,9H2,1-2H3,(H,15,19). The van der Waals surface area contributed by atoms with Crippen LogP contribution in [0.25, 0.3) is 0 Å². The third kappa shape index (κ3) is 3.66. The molecule has 1 atom stereocenters. The second-order valence-corrected chi connectivity index (χ2v) is 5.23. The molecule has 1 amide bonds. The van der Waals surface area contributed by atoms with E-state index < -0.39 is 0 Å². The van der Waals surface area contributed by atoms with E-state index in [0.29, 0.717) is 18.2 Å². The molecule has 1 aromatic heterocycles. The molecule has 5 heteroatoms. The fourth-order valence-corrected chi connectivity index (χ4v) is 2.03. The van der Waals surface area contributed by atoms with E-state index in [4.69, 9.17) is 0 Å². The van der Waals surface area contributed by atoms with Crippen LogP contribution in [0.2, 0.25) is 0 Å². The highest BCUT2D eigenvalue weighted by atomic mass is 16.2. The minimum Gasteiger partial charge on any atom is -0.348 e. The molecule has 1 saturated carbocycles. The first kappa shape index (κ1) is 13.8. The van der Waals surface area contributed by atoms with Crippen LogP contribution in [-0.4, -0.2) is 21.7 Å². The number of aromatic nitrogens is 2. The Bertz CT molecular complexity index is 506. The van der Waals surface area contributed by atoms with Crippen LogP contribution in [0.5, 0.6) is 0 Å². The summed E-state index contributed by atoms with van der Waals surface area (Å²) in [6.07, 6.45) is 4.25. The summed E-state index contributed by atoms with van der Waals surface area (Å²) in [5.74, 6) is 0.416. The highest BCUT2D eigenvalue weighted by Crippen LogP contribution is 2.32. The van der Waals surface area contributed by atoms with Gasteiger partial charge in [0.2, 0.25) is 0 Å². The third-order valence-corrected chi connectivity index (χ3v) is 3.51. The molecule has 1 aliphatic rings. The van der Waals surface area contributed by atoms with Crippen LogP contribution in [-0.2, 0) is 6.54 Å². The molecule has 104 valence electrons. The number of nitrogens with one attached hydrogen (secondary N) is 1. The number of amides is 1. The fourth-order valence-electron chi connectivity index (χ4n) is 2.03. The Labute approximate surface area is 113 Å². The molecule has 2 rings (SSSR count). The molecule has 0 aliphatic heterocycles. The molecule has 1 aliphatic carbocycles. The Morgan fingerprint density at radius 2 is 2.26 bits per heavy atom. The van der Waals surface area contributed by atoms with Gasteiger partial charge >= 0.3 is 0 Å². The zero-order valence-electron chi connectivity index (χ0n) is 11.6. The number of carbonyl (C=O) groups excluding carboxylic acids is 1. The molecule has 1 unspecified atom stereocenters. The molecular formula is C14H21N3O2. The lowest BCUT2D eigenvalue weighted by Crippen LogP contribution is -2.36. The normalized spacial score (nSPS) is 16.1. The number of unbranched alkanes of at least 4 members (excludes halogenated alkanes) is 1. The maximum Gasteiger partial charge on any atom is 0.271 e. The van der Waals surface area contributed by atoms with E-state index in [1.807, 2.05) is 6.92 Å². The Hall–Kier alpha value is -1.65. The van der Waals surface area contributed by atoms with E-state index in [-0.39, 0.29) is 17.5 Å². The van der Waals surface area contributed by atoms with Crippen molar-refractivity contribution in [2.45, 2.75) is 52.1 Å². The molecule has 0 radical (unpaired) electrons. The summed E-state index contributed by atoms with van der Waals surface area (Å²) >= 11 is 0. The molecule has 19 heavy (non-hydrogen) atoms. The van der Waals surface area contributed by atoms with Crippen molar-refractivity contribution in [1.82, 2.24) is 15.1 Å². The lowest BCUT2D eigenvalue weighted by Gasteiger charge is -2.12. The van der Waals surface area contributed by atoms with E-state index >= 15 is 0 Å². The minimum atomic E-state index is -0.190. The van der Waals surface area contributed by atoms with Gasteiger partial charge in [-0.1, -0.05) is 13.3 Å². The van der Waals surface area contributed by atoms with E-state index in [2.05, 4.69) is 17.3 Å².